The quantitative estimate of drug-likeness (QED) is 0.661. The number of nitro benzene ring substituents is 1. The first-order valence-corrected chi connectivity index (χ1v) is 6.76. The van der Waals surface area contributed by atoms with Crippen LogP contribution in [0.25, 0.3) is 0 Å². The minimum atomic E-state index is -0.459. The van der Waals surface area contributed by atoms with E-state index in [0.29, 0.717) is 17.0 Å². The lowest BCUT2D eigenvalue weighted by atomic mass is 9.94. The highest BCUT2D eigenvalue weighted by Crippen LogP contribution is 2.21. The maximum atomic E-state index is 12.3. The van der Waals surface area contributed by atoms with Gasteiger partial charge in [-0.25, -0.2) is 0 Å². The van der Waals surface area contributed by atoms with Crippen molar-refractivity contribution >= 4 is 24.0 Å². The van der Waals surface area contributed by atoms with Crippen LogP contribution in [0.3, 0.4) is 0 Å². The molecule has 2 unspecified atom stereocenters. The maximum absolute atomic E-state index is 12.3. The van der Waals surface area contributed by atoms with Crippen molar-refractivity contribution in [2.45, 2.75) is 26.3 Å². The van der Waals surface area contributed by atoms with E-state index < -0.39 is 4.92 Å². The molecule has 1 aliphatic rings. The fourth-order valence-electron chi connectivity index (χ4n) is 2.54. The summed E-state index contributed by atoms with van der Waals surface area (Å²) in [6, 6.07) is 4.71. The molecule has 0 radical (unpaired) electrons. The molecule has 2 N–H and O–H groups in total. The predicted octanol–water partition coefficient (Wildman–Crippen LogP) is 2.05. The molecule has 1 aromatic carbocycles. The standard InChI is InChI=1S/C14H19N3O3.ClH/c1-9-8-15-7-6-12(9)16-14(18)11-4-3-5-13(10(11)2)17(19)20;/h3-5,9,12,15H,6-8H2,1-2H3,(H,16,18);1H. The minimum absolute atomic E-state index is 0. The van der Waals surface area contributed by atoms with E-state index in [-0.39, 0.29) is 30.0 Å². The van der Waals surface area contributed by atoms with E-state index in [2.05, 4.69) is 17.6 Å². The van der Waals surface area contributed by atoms with Gasteiger partial charge < -0.3 is 10.6 Å². The molecule has 0 aromatic heterocycles. The second-order valence-corrected chi connectivity index (χ2v) is 5.26. The summed E-state index contributed by atoms with van der Waals surface area (Å²) in [6.07, 6.45) is 0.876. The van der Waals surface area contributed by atoms with Gasteiger partial charge in [-0.3, -0.25) is 14.9 Å². The van der Waals surface area contributed by atoms with Crippen LogP contribution < -0.4 is 10.6 Å². The van der Waals surface area contributed by atoms with Gasteiger partial charge in [0.1, 0.15) is 0 Å². The molecule has 1 aromatic rings. The van der Waals surface area contributed by atoms with Crippen LogP contribution in [-0.2, 0) is 0 Å². The molecule has 0 spiro atoms. The third-order valence-electron chi connectivity index (χ3n) is 3.85. The van der Waals surface area contributed by atoms with Gasteiger partial charge in [-0.15, -0.1) is 12.4 Å². The highest BCUT2D eigenvalue weighted by molar-refractivity contribution is 5.96. The van der Waals surface area contributed by atoms with Crippen LogP contribution in [0.15, 0.2) is 18.2 Å². The van der Waals surface area contributed by atoms with Crippen LogP contribution in [-0.4, -0.2) is 30.0 Å². The Balaban J connectivity index is 0.00000220. The van der Waals surface area contributed by atoms with E-state index in [0.717, 1.165) is 19.5 Å². The van der Waals surface area contributed by atoms with Gasteiger partial charge in [0.15, 0.2) is 0 Å². The van der Waals surface area contributed by atoms with Crippen molar-refractivity contribution in [3.8, 4) is 0 Å². The topological polar surface area (TPSA) is 84.3 Å². The number of carbonyl (C=O) groups is 1. The highest BCUT2D eigenvalue weighted by Gasteiger charge is 2.25. The van der Waals surface area contributed by atoms with Gasteiger partial charge in [0.2, 0.25) is 0 Å². The van der Waals surface area contributed by atoms with Crippen LogP contribution in [0.2, 0.25) is 0 Å². The number of rotatable bonds is 3. The molecule has 0 aliphatic carbocycles. The summed E-state index contributed by atoms with van der Waals surface area (Å²) < 4.78 is 0. The Labute approximate surface area is 129 Å². The molecule has 1 heterocycles. The molecule has 21 heavy (non-hydrogen) atoms. The van der Waals surface area contributed by atoms with Gasteiger partial charge in [-0.1, -0.05) is 13.0 Å². The SMILES string of the molecule is Cc1c(C(=O)NC2CCNCC2C)cccc1[N+](=O)[O-].Cl. The highest BCUT2D eigenvalue weighted by atomic mass is 35.5. The van der Waals surface area contributed by atoms with Crippen molar-refractivity contribution in [1.29, 1.82) is 0 Å². The zero-order valence-corrected chi connectivity index (χ0v) is 12.9. The van der Waals surface area contributed by atoms with E-state index in [1.807, 2.05) is 0 Å². The lowest BCUT2D eigenvalue weighted by molar-refractivity contribution is -0.385. The first-order valence-electron chi connectivity index (χ1n) is 6.76. The minimum Gasteiger partial charge on any atom is -0.349 e. The molecule has 1 amide bonds. The summed E-state index contributed by atoms with van der Waals surface area (Å²) in [5.41, 5.74) is 0.775. The Hall–Kier alpha value is -1.66. The monoisotopic (exact) mass is 313 g/mol. The number of nitrogens with zero attached hydrogens (tertiary/aromatic N) is 1. The van der Waals surface area contributed by atoms with Crippen LogP contribution in [0.1, 0.15) is 29.3 Å². The van der Waals surface area contributed by atoms with Crippen molar-refractivity contribution in [2.75, 3.05) is 13.1 Å². The van der Waals surface area contributed by atoms with Crippen molar-refractivity contribution in [2.24, 2.45) is 5.92 Å². The van der Waals surface area contributed by atoms with Gasteiger partial charge in [0, 0.05) is 23.2 Å². The number of nitrogens with one attached hydrogen (secondary N) is 2. The number of halogens is 1. The molecule has 2 atom stereocenters. The molecule has 1 aliphatic heterocycles. The molecule has 7 heteroatoms. The van der Waals surface area contributed by atoms with Crippen LogP contribution in [0.5, 0.6) is 0 Å². The second kappa shape index (κ2) is 7.38. The summed E-state index contributed by atoms with van der Waals surface area (Å²) in [4.78, 5) is 22.7. The van der Waals surface area contributed by atoms with E-state index in [1.165, 1.54) is 6.07 Å². The van der Waals surface area contributed by atoms with Crippen molar-refractivity contribution in [3.05, 3.63) is 39.4 Å². The Morgan fingerprint density at radius 2 is 2.19 bits per heavy atom. The van der Waals surface area contributed by atoms with Gasteiger partial charge in [0.05, 0.1) is 4.92 Å². The molecule has 1 fully saturated rings. The summed E-state index contributed by atoms with van der Waals surface area (Å²) >= 11 is 0. The summed E-state index contributed by atoms with van der Waals surface area (Å²) in [5.74, 6) is 0.122. The Kier molecular flexibility index (Phi) is 6.11. The van der Waals surface area contributed by atoms with Gasteiger partial charge in [0.25, 0.3) is 11.6 Å². The lowest BCUT2D eigenvalue weighted by Crippen LogP contribution is -2.48. The summed E-state index contributed by atoms with van der Waals surface area (Å²) in [6.45, 7) is 5.44. The fraction of sp³-hybridized carbons (Fsp3) is 0.500. The molecule has 6 nitrogen and oxygen atoms in total. The van der Waals surface area contributed by atoms with Gasteiger partial charge in [-0.2, -0.15) is 0 Å². The van der Waals surface area contributed by atoms with E-state index in [9.17, 15) is 14.9 Å². The van der Waals surface area contributed by atoms with Crippen molar-refractivity contribution in [3.63, 3.8) is 0 Å². The average molecular weight is 314 g/mol. The zero-order chi connectivity index (χ0) is 14.7. The summed E-state index contributed by atoms with van der Waals surface area (Å²) in [7, 11) is 0. The fourth-order valence-corrected chi connectivity index (χ4v) is 2.54. The normalized spacial score (nSPS) is 21.2. The smallest absolute Gasteiger partial charge is 0.273 e. The van der Waals surface area contributed by atoms with E-state index in [1.54, 1.807) is 19.1 Å². The first-order chi connectivity index (χ1) is 9.50. The molecule has 1 saturated heterocycles. The Morgan fingerprint density at radius 1 is 1.48 bits per heavy atom. The number of benzene rings is 1. The van der Waals surface area contributed by atoms with Crippen molar-refractivity contribution in [1.82, 2.24) is 10.6 Å². The van der Waals surface area contributed by atoms with Gasteiger partial charge in [-0.05, 0) is 38.4 Å². The Bertz CT molecular complexity index is 536. The Morgan fingerprint density at radius 3 is 2.81 bits per heavy atom. The molecular weight excluding hydrogens is 294 g/mol. The van der Waals surface area contributed by atoms with Crippen LogP contribution in [0.4, 0.5) is 5.69 Å². The zero-order valence-electron chi connectivity index (χ0n) is 12.1. The molecule has 2 rings (SSSR count). The number of piperidine rings is 1. The second-order valence-electron chi connectivity index (χ2n) is 5.26. The predicted molar refractivity (Wildman–Crippen MR) is 83.0 cm³/mol. The molecular formula is C14H20ClN3O3. The number of hydrogen-bond acceptors (Lipinski definition) is 4. The largest absolute Gasteiger partial charge is 0.349 e. The molecule has 0 bridgehead atoms. The van der Waals surface area contributed by atoms with Gasteiger partial charge >= 0.3 is 0 Å². The number of amides is 1. The lowest BCUT2D eigenvalue weighted by Gasteiger charge is -2.30. The van der Waals surface area contributed by atoms with Crippen molar-refractivity contribution < 1.29 is 9.72 Å². The third-order valence-corrected chi connectivity index (χ3v) is 3.85. The average Bonchev–Trinajstić information content (AvgIpc) is 2.41. The van der Waals surface area contributed by atoms with Crippen LogP contribution >= 0.6 is 12.4 Å². The number of carbonyl (C=O) groups excluding carboxylic acids is 1. The summed E-state index contributed by atoms with van der Waals surface area (Å²) in [5, 5.41) is 17.2. The third kappa shape index (κ3) is 3.92. The maximum Gasteiger partial charge on any atom is 0.273 e. The number of nitro groups is 1. The first kappa shape index (κ1) is 17.4. The molecule has 116 valence electrons. The molecule has 0 saturated carbocycles. The van der Waals surface area contributed by atoms with E-state index >= 15 is 0 Å². The number of hydrogen-bond donors (Lipinski definition) is 2. The van der Waals surface area contributed by atoms with E-state index in [4.69, 9.17) is 0 Å². The van der Waals surface area contributed by atoms with Crippen LogP contribution in [0, 0.1) is 23.0 Å².